The lowest BCUT2D eigenvalue weighted by Gasteiger charge is -2.09. The van der Waals surface area contributed by atoms with E-state index in [-0.39, 0.29) is 0 Å². The maximum atomic E-state index is 4.51. The van der Waals surface area contributed by atoms with Gasteiger partial charge in [-0.2, -0.15) is 0 Å². The second kappa shape index (κ2) is 5.26. The zero-order valence-corrected chi connectivity index (χ0v) is 10.9. The molecule has 0 unspecified atom stereocenters. The lowest BCUT2D eigenvalue weighted by Crippen LogP contribution is -1.95. The highest BCUT2D eigenvalue weighted by atomic mass is 79.9. The molecule has 1 nitrogen and oxygen atoms in total. The van der Waals surface area contributed by atoms with Gasteiger partial charge in [-0.1, -0.05) is 46.3 Å². The Morgan fingerprint density at radius 2 is 1.94 bits per heavy atom. The molecular weight excluding hydrogens is 262 g/mol. The van der Waals surface area contributed by atoms with Crippen molar-refractivity contribution in [3.05, 3.63) is 53.7 Å². The van der Waals surface area contributed by atoms with Gasteiger partial charge in [-0.05, 0) is 30.5 Å². The number of nitrogens with zero attached hydrogens (tertiary/aromatic N) is 1. The third-order valence-electron chi connectivity index (χ3n) is 2.66. The molecule has 1 heterocycles. The molecule has 0 fully saturated rings. The molecule has 0 N–H and O–H groups in total. The second-order valence-corrected chi connectivity index (χ2v) is 4.56. The minimum atomic E-state index is 0.970. The van der Waals surface area contributed by atoms with Crippen molar-refractivity contribution in [3.63, 3.8) is 0 Å². The molecular formula is C14H14BrN. The molecule has 0 bridgehead atoms. The molecule has 1 aromatic carbocycles. The number of aromatic nitrogens is 1. The first kappa shape index (κ1) is 11.3. The Bertz CT molecular complexity index is 480. The summed E-state index contributed by atoms with van der Waals surface area (Å²) in [5, 5.41) is 0.970. The van der Waals surface area contributed by atoms with E-state index >= 15 is 0 Å². The Hall–Kier alpha value is -1.15. The van der Waals surface area contributed by atoms with Crippen molar-refractivity contribution in [1.82, 2.24) is 4.98 Å². The molecule has 2 rings (SSSR count). The number of hydrogen-bond donors (Lipinski definition) is 0. The van der Waals surface area contributed by atoms with Gasteiger partial charge in [0.05, 0.1) is 5.69 Å². The Kier molecular flexibility index (Phi) is 3.73. The molecule has 82 valence electrons. The number of aryl methyl sites for hydroxylation is 2. The van der Waals surface area contributed by atoms with Gasteiger partial charge in [-0.3, -0.25) is 4.98 Å². The van der Waals surface area contributed by atoms with Crippen molar-refractivity contribution < 1.29 is 0 Å². The fourth-order valence-corrected chi connectivity index (χ4v) is 2.25. The minimum Gasteiger partial charge on any atom is -0.256 e. The van der Waals surface area contributed by atoms with Crippen molar-refractivity contribution in [3.8, 4) is 11.3 Å². The van der Waals surface area contributed by atoms with Crippen LogP contribution in [0.2, 0.25) is 0 Å². The van der Waals surface area contributed by atoms with E-state index in [2.05, 4.69) is 58.2 Å². The van der Waals surface area contributed by atoms with E-state index in [0.29, 0.717) is 0 Å². The Morgan fingerprint density at radius 1 is 1.12 bits per heavy atom. The van der Waals surface area contributed by atoms with Crippen molar-refractivity contribution in [2.24, 2.45) is 0 Å². The topological polar surface area (TPSA) is 12.9 Å². The van der Waals surface area contributed by atoms with Gasteiger partial charge in [-0.25, -0.2) is 0 Å². The van der Waals surface area contributed by atoms with E-state index in [4.69, 9.17) is 0 Å². The van der Waals surface area contributed by atoms with Crippen LogP contribution in [0.5, 0.6) is 0 Å². The summed E-state index contributed by atoms with van der Waals surface area (Å²) >= 11 is 3.48. The highest BCUT2D eigenvalue weighted by molar-refractivity contribution is 9.09. The number of hydrogen-bond acceptors (Lipinski definition) is 1. The van der Waals surface area contributed by atoms with E-state index in [1.54, 1.807) is 0 Å². The van der Waals surface area contributed by atoms with E-state index in [1.807, 2.05) is 12.3 Å². The summed E-state index contributed by atoms with van der Waals surface area (Å²) in [5.41, 5.74) is 4.92. The maximum Gasteiger partial charge on any atom is 0.0736 e. The Morgan fingerprint density at radius 3 is 2.69 bits per heavy atom. The SMILES string of the molecule is Cc1ccccc1-c1ncccc1CCBr. The summed E-state index contributed by atoms with van der Waals surface area (Å²) < 4.78 is 0. The predicted molar refractivity (Wildman–Crippen MR) is 71.9 cm³/mol. The molecule has 16 heavy (non-hydrogen) atoms. The van der Waals surface area contributed by atoms with Crippen LogP contribution in [0.15, 0.2) is 42.6 Å². The molecule has 0 amide bonds. The number of rotatable bonds is 3. The smallest absolute Gasteiger partial charge is 0.0736 e. The molecule has 0 saturated carbocycles. The summed E-state index contributed by atoms with van der Waals surface area (Å²) in [5.74, 6) is 0. The standard InChI is InChI=1S/C14H14BrN/c1-11-5-2-3-7-13(11)14-12(8-9-15)6-4-10-16-14/h2-7,10H,8-9H2,1H3. The van der Waals surface area contributed by atoms with Crippen LogP contribution in [0.25, 0.3) is 11.3 Å². The van der Waals surface area contributed by atoms with Crippen LogP contribution in [-0.2, 0) is 6.42 Å². The maximum absolute atomic E-state index is 4.51. The van der Waals surface area contributed by atoms with Crippen LogP contribution >= 0.6 is 15.9 Å². The van der Waals surface area contributed by atoms with Crippen LogP contribution in [0.3, 0.4) is 0 Å². The number of halogens is 1. The summed E-state index contributed by atoms with van der Waals surface area (Å²) in [6.45, 7) is 2.13. The van der Waals surface area contributed by atoms with Crippen LogP contribution < -0.4 is 0 Å². The van der Waals surface area contributed by atoms with Gasteiger partial charge in [0.2, 0.25) is 0 Å². The van der Waals surface area contributed by atoms with Crippen LogP contribution in [-0.4, -0.2) is 10.3 Å². The van der Waals surface area contributed by atoms with Crippen molar-refractivity contribution in [1.29, 1.82) is 0 Å². The molecule has 0 atom stereocenters. The first-order valence-electron chi connectivity index (χ1n) is 5.39. The normalized spacial score (nSPS) is 10.4. The van der Waals surface area contributed by atoms with Crippen molar-refractivity contribution in [2.75, 3.05) is 5.33 Å². The van der Waals surface area contributed by atoms with Gasteiger partial charge in [0.25, 0.3) is 0 Å². The lowest BCUT2D eigenvalue weighted by atomic mass is 10.0. The molecule has 0 saturated heterocycles. The zero-order valence-electron chi connectivity index (χ0n) is 9.28. The number of pyridine rings is 1. The van der Waals surface area contributed by atoms with Gasteiger partial charge >= 0.3 is 0 Å². The zero-order chi connectivity index (χ0) is 11.4. The van der Waals surface area contributed by atoms with Gasteiger partial charge in [0.1, 0.15) is 0 Å². The molecule has 2 heteroatoms. The van der Waals surface area contributed by atoms with Crippen LogP contribution in [0, 0.1) is 6.92 Å². The van der Waals surface area contributed by atoms with E-state index in [9.17, 15) is 0 Å². The predicted octanol–water partition coefficient (Wildman–Crippen LogP) is 3.99. The molecule has 2 aromatic rings. The summed E-state index contributed by atoms with van der Waals surface area (Å²) in [6, 6.07) is 12.5. The minimum absolute atomic E-state index is 0.970. The largest absolute Gasteiger partial charge is 0.256 e. The van der Waals surface area contributed by atoms with Gasteiger partial charge in [0, 0.05) is 17.1 Å². The monoisotopic (exact) mass is 275 g/mol. The van der Waals surface area contributed by atoms with E-state index in [0.717, 1.165) is 17.4 Å². The summed E-state index contributed by atoms with van der Waals surface area (Å²) in [7, 11) is 0. The Balaban J connectivity index is 2.51. The van der Waals surface area contributed by atoms with Gasteiger partial charge < -0.3 is 0 Å². The molecule has 0 spiro atoms. The fourth-order valence-electron chi connectivity index (χ4n) is 1.82. The quantitative estimate of drug-likeness (QED) is 0.772. The van der Waals surface area contributed by atoms with Crippen LogP contribution in [0.4, 0.5) is 0 Å². The van der Waals surface area contributed by atoms with Crippen molar-refractivity contribution >= 4 is 15.9 Å². The molecule has 1 aromatic heterocycles. The highest BCUT2D eigenvalue weighted by Crippen LogP contribution is 2.24. The molecule has 0 aliphatic carbocycles. The summed E-state index contributed by atoms with van der Waals surface area (Å²) in [6.07, 6.45) is 2.87. The van der Waals surface area contributed by atoms with Crippen molar-refractivity contribution in [2.45, 2.75) is 13.3 Å². The highest BCUT2D eigenvalue weighted by Gasteiger charge is 2.07. The average molecular weight is 276 g/mol. The molecule has 0 radical (unpaired) electrons. The fraction of sp³-hybridized carbons (Fsp3) is 0.214. The first-order valence-corrected chi connectivity index (χ1v) is 6.51. The summed E-state index contributed by atoms with van der Waals surface area (Å²) in [4.78, 5) is 4.51. The number of alkyl halides is 1. The van der Waals surface area contributed by atoms with Gasteiger partial charge in [-0.15, -0.1) is 0 Å². The molecule has 0 aliphatic heterocycles. The lowest BCUT2D eigenvalue weighted by molar-refractivity contribution is 1.13. The van der Waals surface area contributed by atoms with E-state index in [1.165, 1.54) is 16.7 Å². The first-order chi connectivity index (χ1) is 7.83. The van der Waals surface area contributed by atoms with Gasteiger partial charge in [0.15, 0.2) is 0 Å². The van der Waals surface area contributed by atoms with E-state index < -0.39 is 0 Å². The second-order valence-electron chi connectivity index (χ2n) is 3.77. The van der Waals surface area contributed by atoms with Crippen LogP contribution in [0.1, 0.15) is 11.1 Å². The molecule has 0 aliphatic rings. The third-order valence-corrected chi connectivity index (χ3v) is 3.05. The average Bonchev–Trinajstić information content (AvgIpc) is 2.31. The number of benzene rings is 1. The Labute approximate surface area is 105 Å². The third kappa shape index (κ3) is 2.33.